The molecule has 0 saturated heterocycles. The van der Waals surface area contributed by atoms with Crippen LogP contribution in [-0.4, -0.2) is 17.1 Å². The van der Waals surface area contributed by atoms with E-state index >= 15 is 0 Å². The van der Waals surface area contributed by atoms with Gasteiger partial charge in [0.2, 0.25) is 0 Å². The van der Waals surface area contributed by atoms with E-state index in [0.29, 0.717) is 22.4 Å². The highest BCUT2D eigenvalue weighted by Gasteiger charge is 2.21. The van der Waals surface area contributed by atoms with Crippen LogP contribution in [0.2, 0.25) is 0 Å². The second-order valence-electron chi connectivity index (χ2n) is 5.81. The third-order valence-corrected chi connectivity index (χ3v) is 3.89. The first kappa shape index (κ1) is 17.7. The first-order chi connectivity index (χ1) is 12.3. The van der Waals surface area contributed by atoms with Crippen molar-refractivity contribution in [1.29, 1.82) is 0 Å². The summed E-state index contributed by atoms with van der Waals surface area (Å²) in [6.07, 6.45) is 0.133. The molecule has 26 heavy (non-hydrogen) atoms. The minimum absolute atomic E-state index is 0.172. The van der Waals surface area contributed by atoms with Crippen molar-refractivity contribution < 1.29 is 18.0 Å². The fourth-order valence-corrected chi connectivity index (χ4v) is 2.66. The Labute approximate surface area is 148 Å². The number of amides is 1. The number of hydrogen-bond donors (Lipinski definition) is 1. The van der Waals surface area contributed by atoms with Gasteiger partial charge in [0, 0.05) is 40.5 Å². The van der Waals surface area contributed by atoms with Gasteiger partial charge in [0.25, 0.3) is 5.91 Å². The highest BCUT2D eigenvalue weighted by Crippen LogP contribution is 2.24. The summed E-state index contributed by atoms with van der Waals surface area (Å²) in [5.74, 6) is -0.321. The van der Waals surface area contributed by atoms with Crippen molar-refractivity contribution in [2.45, 2.75) is 13.1 Å². The summed E-state index contributed by atoms with van der Waals surface area (Å²) in [6.45, 7) is 1.69. The Kier molecular flexibility index (Phi) is 4.75. The summed E-state index contributed by atoms with van der Waals surface area (Å²) in [5, 5.41) is 4.61. The molecule has 0 bridgehead atoms. The molecule has 3 rings (SSSR count). The Morgan fingerprint density at radius 3 is 2.69 bits per heavy atom. The molecular weight excluding hydrogens is 341 g/mol. The van der Waals surface area contributed by atoms with Gasteiger partial charge in [-0.05, 0) is 36.2 Å². The number of alkyl halides is 3. The van der Waals surface area contributed by atoms with Crippen molar-refractivity contribution in [2.24, 2.45) is 0 Å². The molecule has 0 aliphatic heterocycles. The van der Waals surface area contributed by atoms with Crippen molar-refractivity contribution in [2.75, 3.05) is 5.32 Å². The zero-order chi connectivity index (χ0) is 18.7. The molecule has 6 heteroatoms. The molecule has 132 valence electrons. The largest absolute Gasteiger partial charge is 0.409 e. The second kappa shape index (κ2) is 7.00. The van der Waals surface area contributed by atoms with Crippen LogP contribution >= 0.6 is 0 Å². The molecule has 0 spiro atoms. The van der Waals surface area contributed by atoms with Gasteiger partial charge >= 0.3 is 6.18 Å². The number of nitrogens with one attached hydrogen (secondary N) is 1. The predicted octanol–water partition coefficient (Wildman–Crippen LogP) is 5.37. The normalized spacial score (nSPS) is 11.8. The number of halogens is 3. The Balaban J connectivity index is 1.85. The SMILES string of the molecule is Cc1cc(/C=C/C(F)(F)F)ccc1C(=O)Nc1cccc2cnccc12. The molecule has 1 aromatic heterocycles. The molecule has 3 nitrogen and oxygen atoms in total. The quantitative estimate of drug-likeness (QED) is 0.685. The molecule has 2 aromatic carbocycles. The van der Waals surface area contributed by atoms with Gasteiger partial charge in [-0.25, -0.2) is 0 Å². The lowest BCUT2D eigenvalue weighted by molar-refractivity contribution is -0.0790. The molecule has 0 saturated carbocycles. The van der Waals surface area contributed by atoms with Gasteiger partial charge in [-0.15, -0.1) is 0 Å². The molecule has 1 heterocycles. The van der Waals surface area contributed by atoms with Crippen LogP contribution in [0.25, 0.3) is 16.8 Å². The van der Waals surface area contributed by atoms with E-state index < -0.39 is 6.18 Å². The van der Waals surface area contributed by atoms with E-state index in [1.165, 1.54) is 12.1 Å². The van der Waals surface area contributed by atoms with E-state index in [2.05, 4.69) is 10.3 Å². The van der Waals surface area contributed by atoms with Gasteiger partial charge in [0.15, 0.2) is 0 Å². The Hall–Kier alpha value is -3.15. The highest BCUT2D eigenvalue weighted by atomic mass is 19.4. The molecule has 0 atom stereocenters. The van der Waals surface area contributed by atoms with Crippen LogP contribution in [-0.2, 0) is 0 Å². The maximum Gasteiger partial charge on any atom is 0.409 e. The van der Waals surface area contributed by atoms with Crippen molar-refractivity contribution in [3.8, 4) is 0 Å². The lowest BCUT2D eigenvalue weighted by Crippen LogP contribution is -2.13. The number of aryl methyl sites for hydroxylation is 1. The third-order valence-electron chi connectivity index (χ3n) is 3.89. The summed E-state index contributed by atoms with van der Waals surface area (Å²) in [4.78, 5) is 16.6. The van der Waals surface area contributed by atoms with E-state index in [-0.39, 0.29) is 12.0 Å². The number of hydrogen-bond acceptors (Lipinski definition) is 2. The summed E-state index contributed by atoms with van der Waals surface area (Å²) in [6, 6.07) is 11.9. The predicted molar refractivity (Wildman–Crippen MR) is 96.0 cm³/mol. The number of carbonyl (C=O) groups is 1. The number of allylic oxidation sites excluding steroid dienone is 1. The van der Waals surface area contributed by atoms with E-state index in [0.717, 1.165) is 16.8 Å². The molecule has 3 aromatic rings. The van der Waals surface area contributed by atoms with Gasteiger partial charge < -0.3 is 5.32 Å². The molecule has 0 aliphatic carbocycles. The standard InChI is InChI=1S/C20H15F3N2O/c1-13-11-14(7-9-20(21,22)23)5-6-16(13)19(26)25-18-4-2-3-15-12-24-10-8-17(15)18/h2-12H,1H3,(H,25,26)/b9-7+. The lowest BCUT2D eigenvalue weighted by Gasteiger charge is -2.11. The molecular formula is C20H15F3N2O. The number of pyridine rings is 1. The van der Waals surface area contributed by atoms with Gasteiger partial charge in [-0.1, -0.05) is 30.3 Å². The molecule has 0 fully saturated rings. The summed E-state index contributed by atoms with van der Waals surface area (Å²) < 4.78 is 36.8. The van der Waals surface area contributed by atoms with Crippen molar-refractivity contribution in [3.63, 3.8) is 0 Å². The Morgan fingerprint density at radius 2 is 1.96 bits per heavy atom. The average molecular weight is 356 g/mol. The number of nitrogens with zero attached hydrogens (tertiary/aromatic N) is 1. The van der Waals surface area contributed by atoms with Crippen LogP contribution < -0.4 is 5.32 Å². The van der Waals surface area contributed by atoms with Gasteiger partial charge in [0.1, 0.15) is 0 Å². The Bertz CT molecular complexity index is 989. The average Bonchev–Trinajstić information content (AvgIpc) is 2.59. The van der Waals surface area contributed by atoms with Crippen LogP contribution in [0.15, 0.2) is 60.9 Å². The third kappa shape index (κ3) is 4.08. The van der Waals surface area contributed by atoms with Crippen LogP contribution in [0.5, 0.6) is 0 Å². The minimum Gasteiger partial charge on any atom is -0.321 e. The second-order valence-corrected chi connectivity index (χ2v) is 5.81. The van der Waals surface area contributed by atoms with Gasteiger partial charge in [-0.2, -0.15) is 13.2 Å². The molecule has 0 unspecified atom stereocenters. The fraction of sp³-hybridized carbons (Fsp3) is 0.100. The highest BCUT2D eigenvalue weighted by molar-refractivity contribution is 6.09. The molecule has 0 radical (unpaired) electrons. The van der Waals surface area contributed by atoms with E-state index in [1.807, 2.05) is 18.2 Å². The Morgan fingerprint density at radius 1 is 1.15 bits per heavy atom. The van der Waals surface area contributed by atoms with E-state index in [4.69, 9.17) is 0 Å². The van der Waals surface area contributed by atoms with Crippen LogP contribution in [0.4, 0.5) is 18.9 Å². The summed E-state index contributed by atoms with van der Waals surface area (Å²) in [7, 11) is 0. The molecule has 1 N–H and O–H groups in total. The van der Waals surface area contributed by atoms with Crippen molar-refractivity contribution >= 4 is 28.4 Å². The minimum atomic E-state index is -4.37. The van der Waals surface area contributed by atoms with Crippen molar-refractivity contribution in [1.82, 2.24) is 4.98 Å². The number of aromatic nitrogens is 1. The van der Waals surface area contributed by atoms with Crippen molar-refractivity contribution in [3.05, 3.63) is 77.6 Å². The zero-order valence-corrected chi connectivity index (χ0v) is 13.8. The number of carbonyl (C=O) groups excluding carboxylic acids is 1. The number of rotatable bonds is 3. The van der Waals surface area contributed by atoms with E-state index in [9.17, 15) is 18.0 Å². The van der Waals surface area contributed by atoms with Gasteiger partial charge in [0.05, 0.1) is 0 Å². The topological polar surface area (TPSA) is 42.0 Å². The number of benzene rings is 2. The van der Waals surface area contributed by atoms with Crippen LogP contribution in [0.3, 0.4) is 0 Å². The van der Waals surface area contributed by atoms with E-state index in [1.54, 1.807) is 31.5 Å². The maximum atomic E-state index is 12.6. The molecule has 1 amide bonds. The first-order valence-corrected chi connectivity index (χ1v) is 7.84. The molecule has 0 aliphatic rings. The smallest absolute Gasteiger partial charge is 0.321 e. The summed E-state index contributed by atoms with van der Waals surface area (Å²) in [5.41, 5.74) is 2.02. The van der Waals surface area contributed by atoms with Crippen LogP contribution in [0.1, 0.15) is 21.5 Å². The van der Waals surface area contributed by atoms with Crippen LogP contribution in [0, 0.1) is 6.92 Å². The zero-order valence-electron chi connectivity index (χ0n) is 13.8. The monoisotopic (exact) mass is 356 g/mol. The fourth-order valence-electron chi connectivity index (χ4n) is 2.66. The maximum absolute atomic E-state index is 12.6. The number of fused-ring (bicyclic) bond motifs is 1. The summed E-state index contributed by atoms with van der Waals surface area (Å²) >= 11 is 0. The number of anilines is 1. The first-order valence-electron chi connectivity index (χ1n) is 7.84. The lowest BCUT2D eigenvalue weighted by atomic mass is 10.0. The van der Waals surface area contributed by atoms with Gasteiger partial charge in [-0.3, -0.25) is 9.78 Å².